The molecular formula is C15H22N2O3. The summed E-state index contributed by atoms with van der Waals surface area (Å²) in [5.74, 6) is -0.192. The van der Waals surface area contributed by atoms with Gasteiger partial charge in [-0.1, -0.05) is 30.3 Å². The number of hydrogen-bond acceptors (Lipinski definition) is 4. The van der Waals surface area contributed by atoms with Crippen molar-refractivity contribution in [1.82, 2.24) is 5.32 Å². The van der Waals surface area contributed by atoms with E-state index in [0.717, 1.165) is 5.56 Å². The summed E-state index contributed by atoms with van der Waals surface area (Å²) in [5.41, 5.74) is 5.23. The van der Waals surface area contributed by atoms with Gasteiger partial charge in [0.25, 0.3) is 0 Å². The number of amides is 1. The van der Waals surface area contributed by atoms with Gasteiger partial charge >= 0.3 is 0 Å². The first-order chi connectivity index (χ1) is 9.42. The largest absolute Gasteiger partial charge is 0.394 e. The van der Waals surface area contributed by atoms with Crippen LogP contribution < -0.4 is 11.1 Å². The van der Waals surface area contributed by atoms with E-state index in [1.807, 2.05) is 30.3 Å². The lowest BCUT2D eigenvalue weighted by Crippen LogP contribution is -2.56. The molecule has 3 unspecified atom stereocenters. The number of rotatable bonds is 4. The van der Waals surface area contributed by atoms with E-state index in [1.165, 1.54) is 0 Å². The lowest BCUT2D eigenvalue weighted by molar-refractivity contribution is -0.133. The number of hydrogen-bond donors (Lipinski definition) is 3. The van der Waals surface area contributed by atoms with Crippen molar-refractivity contribution in [2.45, 2.75) is 25.4 Å². The van der Waals surface area contributed by atoms with Crippen molar-refractivity contribution in [3.8, 4) is 0 Å². The number of carbonyl (C=O) groups excluding carboxylic acids is 1. The Hall–Kier alpha value is -1.43. The summed E-state index contributed by atoms with van der Waals surface area (Å²) >= 11 is 0. The predicted molar refractivity (Wildman–Crippen MR) is 75.9 cm³/mol. The molecule has 2 rings (SSSR count). The molecule has 3 atom stereocenters. The minimum Gasteiger partial charge on any atom is -0.394 e. The van der Waals surface area contributed by atoms with Gasteiger partial charge in [0.1, 0.15) is 0 Å². The molecule has 0 aromatic heterocycles. The molecular weight excluding hydrogens is 256 g/mol. The topological polar surface area (TPSA) is 84.6 Å². The van der Waals surface area contributed by atoms with Gasteiger partial charge in [0, 0.05) is 6.04 Å². The molecule has 0 spiro atoms. The van der Waals surface area contributed by atoms with Crippen molar-refractivity contribution < 1.29 is 14.6 Å². The van der Waals surface area contributed by atoms with E-state index in [1.54, 1.807) is 13.8 Å². The highest BCUT2D eigenvalue weighted by Gasteiger charge is 2.46. The monoisotopic (exact) mass is 278 g/mol. The quantitative estimate of drug-likeness (QED) is 0.743. The van der Waals surface area contributed by atoms with Gasteiger partial charge < -0.3 is 20.9 Å². The summed E-state index contributed by atoms with van der Waals surface area (Å²) in [4.78, 5) is 12.5. The van der Waals surface area contributed by atoms with Crippen LogP contribution in [0.25, 0.3) is 0 Å². The van der Waals surface area contributed by atoms with Crippen molar-refractivity contribution >= 4 is 5.91 Å². The molecule has 5 heteroatoms. The SMILES string of the molecule is CC(CO)(NC(=O)C1(C)COCC1N)c1ccccc1. The van der Waals surface area contributed by atoms with Gasteiger partial charge in [0.05, 0.1) is 30.8 Å². The fraction of sp³-hybridized carbons (Fsp3) is 0.533. The van der Waals surface area contributed by atoms with Crippen LogP contribution in [0.4, 0.5) is 0 Å². The molecule has 0 radical (unpaired) electrons. The number of nitrogens with one attached hydrogen (secondary N) is 1. The Balaban J connectivity index is 2.20. The Bertz CT molecular complexity index is 479. The van der Waals surface area contributed by atoms with Crippen LogP contribution in [0.2, 0.25) is 0 Å². The number of carbonyl (C=O) groups is 1. The van der Waals surface area contributed by atoms with Gasteiger partial charge in [0.15, 0.2) is 0 Å². The van der Waals surface area contributed by atoms with E-state index in [-0.39, 0.29) is 18.6 Å². The molecule has 0 aliphatic carbocycles. The maximum Gasteiger partial charge on any atom is 0.230 e. The number of aliphatic hydroxyl groups is 1. The molecule has 1 aliphatic heterocycles. The molecule has 110 valence electrons. The fourth-order valence-electron chi connectivity index (χ4n) is 2.33. The molecule has 4 N–H and O–H groups in total. The van der Waals surface area contributed by atoms with Gasteiger partial charge in [-0.25, -0.2) is 0 Å². The summed E-state index contributed by atoms with van der Waals surface area (Å²) in [6.07, 6.45) is 0. The maximum atomic E-state index is 12.5. The third-order valence-electron chi connectivity index (χ3n) is 4.15. The third kappa shape index (κ3) is 2.57. The summed E-state index contributed by atoms with van der Waals surface area (Å²) < 4.78 is 5.30. The summed E-state index contributed by atoms with van der Waals surface area (Å²) in [6, 6.07) is 9.07. The van der Waals surface area contributed by atoms with Crippen molar-refractivity contribution in [2.24, 2.45) is 11.1 Å². The highest BCUT2D eigenvalue weighted by atomic mass is 16.5. The van der Waals surface area contributed by atoms with Crippen molar-refractivity contribution in [2.75, 3.05) is 19.8 Å². The van der Waals surface area contributed by atoms with Crippen LogP contribution in [0.15, 0.2) is 30.3 Å². The number of ether oxygens (including phenoxy) is 1. The van der Waals surface area contributed by atoms with E-state index in [0.29, 0.717) is 13.2 Å². The van der Waals surface area contributed by atoms with Gasteiger partial charge in [-0.15, -0.1) is 0 Å². The average Bonchev–Trinajstić information content (AvgIpc) is 2.81. The standard InChI is InChI=1S/C15H22N2O3/c1-14(10-20-8-12(14)16)13(19)17-15(2,9-18)11-6-4-3-5-7-11/h3-7,12,18H,8-10,16H2,1-2H3,(H,17,19). The highest BCUT2D eigenvalue weighted by Crippen LogP contribution is 2.29. The second-order valence-electron chi connectivity index (χ2n) is 5.85. The molecule has 1 heterocycles. The van der Waals surface area contributed by atoms with Crippen molar-refractivity contribution in [1.29, 1.82) is 0 Å². The highest BCUT2D eigenvalue weighted by molar-refractivity contribution is 5.84. The van der Waals surface area contributed by atoms with Gasteiger partial charge in [-0.05, 0) is 19.4 Å². The summed E-state index contributed by atoms with van der Waals surface area (Å²) in [7, 11) is 0. The zero-order valence-electron chi connectivity index (χ0n) is 11.9. The van der Waals surface area contributed by atoms with Crippen LogP contribution in [-0.2, 0) is 15.1 Å². The Morgan fingerprint density at radius 3 is 2.70 bits per heavy atom. The summed E-state index contributed by atoms with van der Waals surface area (Å²) in [6.45, 7) is 4.09. The van der Waals surface area contributed by atoms with Gasteiger partial charge in [0.2, 0.25) is 5.91 Å². The zero-order chi connectivity index (χ0) is 14.8. The molecule has 1 aromatic rings. The van der Waals surface area contributed by atoms with Crippen LogP contribution >= 0.6 is 0 Å². The van der Waals surface area contributed by atoms with Crippen molar-refractivity contribution in [3.63, 3.8) is 0 Å². The zero-order valence-corrected chi connectivity index (χ0v) is 11.9. The molecule has 0 saturated carbocycles. The fourth-order valence-corrected chi connectivity index (χ4v) is 2.33. The average molecular weight is 278 g/mol. The second kappa shape index (κ2) is 5.52. The van der Waals surface area contributed by atoms with Crippen molar-refractivity contribution in [3.05, 3.63) is 35.9 Å². The van der Waals surface area contributed by atoms with Crippen LogP contribution in [0.1, 0.15) is 19.4 Å². The first-order valence-electron chi connectivity index (χ1n) is 6.75. The van der Waals surface area contributed by atoms with Crippen LogP contribution in [0.3, 0.4) is 0 Å². The Labute approximate surface area is 119 Å². The Morgan fingerprint density at radius 2 is 2.20 bits per heavy atom. The predicted octanol–water partition coefficient (Wildman–Crippen LogP) is 0.374. The van der Waals surface area contributed by atoms with Gasteiger partial charge in [-0.3, -0.25) is 4.79 Å². The first-order valence-corrected chi connectivity index (χ1v) is 6.75. The molecule has 1 fully saturated rings. The minimum atomic E-state index is -0.830. The number of aliphatic hydroxyl groups excluding tert-OH is 1. The Morgan fingerprint density at radius 1 is 1.55 bits per heavy atom. The minimum absolute atomic E-state index is 0.186. The molecule has 20 heavy (non-hydrogen) atoms. The van der Waals surface area contributed by atoms with E-state index >= 15 is 0 Å². The molecule has 5 nitrogen and oxygen atoms in total. The molecule has 1 aromatic carbocycles. The molecule has 1 saturated heterocycles. The van der Waals surface area contributed by atoms with Crippen LogP contribution in [0, 0.1) is 5.41 Å². The molecule has 0 bridgehead atoms. The summed E-state index contributed by atoms with van der Waals surface area (Å²) in [5, 5.41) is 12.6. The van der Waals surface area contributed by atoms with E-state index in [4.69, 9.17) is 10.5 Å². The van der Waals surface area contributed by atoms with E-state index < -0.39 is 11.0 Å². The number of benzene rings is 1. The normalized spacial score (nSPS) is 28.9. The smallest absolute Gasteiger partial charge is 0.230 e. The second-order valence-corrected chi connectivity index (χ2v) is 5.85. The lowest BCUT2D eigenvalue weighted by Gasteiger charge is -2.34. The number of nitrogens with two attached hydrogens (primary N) is 1. The van der Waals surface area contributed by atoms with Crippen LogP contribution in [-0.4, -0.2) is 36.9 Å². The van der Waals surface area contributed by atoms with Gasteiger partial charge in [-0.2, -0.15) is 0 Å². The first kappa shape index (κ1) is 15.0. The van der Waals surface area contributed by atoms with E-state index in [2.05, 4.69) is 5.32 Å². The van der Waals surface area contributed by atoms with E-state index in [9.17, 15) is 9.90 Å². The molecule has 1 aliphatic rings. The lowest BCUT2D eigenvalue weighted by atomic mass is 9.83. The molecule has 1 amide bonds. The third-order valence-corrected chi connectivity index (χ3v) is 4.15. The maximum absolute atomic E-state index is 12.5. The Kier molecular flexibility index (Phi) is 4.13. The van der Waals surface area contributed by atoms with Crippen LogP contribution in [0.5, 0.6) is 0 Å².